The van der Waals surface area contributed by atoms with Crippen LogP contribution in [0.4, 0.5) is 0 Å². The first kappa shape index (κ1) is 10.0. The highest BCUT2D eigenvalue weighted by molar-refractivity contribution is 6.05. The highest BCUT2D eigenvalue weighted by Gasteiger charge is 2.20. The number of amides is 1. The van der Waals surface area contributed by atoms with Crippen molar-refractivity contribution in [2.75, 3.05) is 6.54 Å². The fraction of sp³-hybridized carbons (Fsp3) is 0.250. The molecule has 86 valence electrons. The minimum Gasteiger partial charge on any atom is -0.350 e. The molecule has 2 heterocycles. The van der Waals surface area contributed by atoms with E-state index in [2.05, 4.69) is 26.6 Å². The molecule has 1 aliphatic rings. The number of rotatable bonds is 2. The zero-order chi connectivity index (χ0) is 11.8. The summed E-state index contributed by atoms with van der Waals surface area (Å²) in [6, 6.07) is 5.60. The summed E-state index contributed by atoms with van der Waals surface area (Å²) in [6.07, 6.45) is 0. The second kappa shape index (κ2) is 3.69. The molecule has 0 bridgehead atoms. The smallest absolute Gasteiger partial charge is 0.253 e. The van der Waals surface area contributed by atoms with Gasteiger partial charge in [-0.3, -0.25) is 9.79 Å². The van der Waals surface area contributed by atoms with E-state index in [0.717, 1.165) is 23.4 Å². The Morgan fingerprint density at radius 2 is 2.41 bits per heavy atom. The van der Waals surface area contributed by atoms with Crippen molar-refractivity contribution in [1.82, 2.24) is 14.9 Å². The normalized spacial score (nSPS) is 14.5. The maximum absolute atomic E-state index is 11.9. The third-order valence-electron chi connectivity index (χ3n) is 2.96. The third-order valence-corrected chi connectivity index (χ3v) is 2.96. The molecule has 0 atom stereocenters. The molecule has 1 N–H and O–H groups in total. The number of hydrogen-bond donors (Lipinski definition) is 1. The van der Waals surface area contributed by atoms with Gasteiger partial charge in [0.1, 0.15) is 5.82 Å². The van der Waals surface area contributed by atoms with Gasteiger partial charge in [0, 0.05) is 13.1 Å². The lowest BCUT2D eigenvalue weighted by atomic mass is 10.2. The molecule has 0 aliphatic carbocycles. The van der Waals surface area contributed by atoms with Gasteiger partial charge >= 0.3 is 0 Å². The lowest BCUT2D eigenvalue weighted by molar-refractivity contribution is 0.0956. The van der Waals surface area contributed by atoms with Gasteiger partial charge in [-0.1, -0.05) is 6.07 Å². The van der Waals surface area contributed by atoms with Crippen LogP contribution < -0.4 is 5.32 Å². The standard InChI is InChI=1S/C12H12N4O/c1-13-7-10-15-9-4-2-3-8-11(9)16(10)6-5-14-12(8)17/h2-4H,1,5-7H2,(H,14,17). The largest absolute Gasteiger partial charge is 0.350 e. The summed E-state index contributed by atoms with van der Waals surface area (Å²) in [6.45, 7) is 5.31. The Morgan fingerprint density at radius 3 is 3.24 bits per heavy atom. The van der Waals surface area contributed by atoms with Crippen LogP contribution in [0, 0.1) is 0 Å². The van der Waals surface area contributed by atoms with Crippen LogP contribution in [0.1, 0.15) is 16.2 Å². The molecule has 5 heteroatoms. The molecular weight excluding hydrogens is 216 g/mol. The molecular formula is C12H12N4O. The number of aliphatic imine (C=N–C) groups is 1. The molecule has 1 aromatic carbocycles. The average Bonchev–Trinajstić information content (AvgIpc) is 2.57. The van der Waals surface area contributed by atoms with Crippen molar-refractivity contribution in [3.8, 4) is 0 Å². The second-order valence-electron chi connectivity index (χ2n) is 3.99. The molecule has 1 amide bonds. The topological polar surface area (TPSA) is 59.3 Å². The van der Waals surface area contributed by atoms with Crippen LogP contribution >= 0.6 is 0 Å². The van der Waals surface area contributed by atoms with E-state index in [9.17, 15) is 4.79 Å². The Labute approximate surface area is 98.2 Å². The van der Waals surface area contributed by atoms with E-state index in [1.807, 2.05) is 18.2 Å². The fourth-order valence-electron chi connectivity index (χ4n) is 2.25. The van der Waals surface area contributed by atoms with Gasteiger partial charge in [-0.05, 0) is 18.9 Å². The minimum absolute atomic E-state index is 0.0348. The molecule has 5 nitrogen and oxygen atoms in total. The zero-order valence-corrected chi connectivity index (χ0v) is 9.31. The van der Waals surface area contributed by atoms with Crippen molar-refractivity contribution in [3.63, 3.8) is 0 Å². The van der Waals surface area contributed by atoms with Gasteiger partial charge < -0.3 is 9.88 Å². The second-order valence-corrected chi connectivity index (χ2v) is 3.99. The molecule has 0 saturated carbocycles. The number of para-hydroxylation sites is 1. The highest BCUT2D eigenvalue weighted by Crippen LogP contribution is 2.22. The predicted molar refractivity (Wildman–Crippen MR) is 65.3 cm³/mol. The van der Waals surface area contributed by atoms with Crippen LogP contribution in [-0.4, -0.2) is 28.7 Å². The van der Waals surface area contributed by atoms with E-state index < -0.39 is 0 Å². The van der Waals surface area contributed by atoms with Gasteiger partial charge in [-0.15, -0.1) is 0 Å². The number of carbonyl (C=O) groups excluding carboxylic acids is 1. The van der Waals surface area contributed by atoms with Crippen LogP contribution in [0.25, 0.3) is 11.0 Å². The Hall–Kier alpha value is -2.17. The van der Waals surface area contributed by atoms with E-state index >= 15 is 0 Å². The zero-order valence-electron chi connectivity index (χ0n) is 9.31. The summed E-state index contributed by atoms with van der Waals surface area (Å²) in [5.41, 5.74) is 2.43. The van der Waals surface area contributed by atoms with E-state index in [1.54, 1.807) is 0 Å². The first-order valence-electron chi connectivity index (χ1n) is 5.50. The highest BCUT2D eigenvalue weighted by atomic mass is 16.1. The summed E-state index contributed by atoms with van der Waals surface area (Å²) in [4.78, 5) is 20.2. The van der Waals surface area contributed by atoms with Gasteiger partial charge in [0.2, 0.25) is 0 Å². The summed E-state index contributed by atoms with van der Waals surface area (Å²) in [5, 5.41) is 2.87. The maximum Gasteiger partial charge on any atom is 0.253 e. The maximum atomic E-state index is 11.9. The first-order chi connectivity index (χ1) is 8.31. The average molecular weight is 228 g/mol. The molecule has 0 radical (unpaired) electrons. The van der Waals surface area contributed by atoms with Crippen molar-refractivity contribution in [1.29, 1.82) is 0 Å². The van der Waals surface area contributed by atoms with Crippen LogP contribution in [0.5, 0.6) is 0 Å². The summed E-state index contributed by atoms with van der Waals surface area (Å²) >= 11 is 0. The van der Waals surface area contributed by atoms with E-state index in [1.165, 1.54) is 0 Å². The minimum atomic E-state index is -0.0348. The molecule has 17 heavy (non-hydrogen) atoms. The SMILES string of the molecule is C=NCc1nc2cccc3c2n1CCNC3=O. The van der Waals surface area contributed by atoms with Gasteiger partial charge in [0.25, 0.3) is 5.91 Å². The van der Waals surface area contributed by atoms with Crippen molar-refractivity contribution in [2.45, 2.75) is 13.1 Å². The van der Waals surface area contributed by atoms with E-state index in [0.29, 0.717) is 18.7 Å². The Kier molecular flexibility index (Phi) is 2.18. The van der Waals surface area contributed by atoms with E-state index in [-0.39, 0.29) is 5.91 Å². The van der Waals surface area contributed by atoms with Crippen molar-refractivity contribution >= 4 is 23.7 Å². The number of hydrogen-bond acceptors (Lipinski definition) is 3. The van der Waals surface area contributed by atoms with Gasteiger partial charge in [-0.25, -0.2) is 4.98 Å². The summed E-state index contributed by atoms with van der Waals surface area (Å²) < 4.78 is 2.05. The molecule has 0 fully saturated rings. The Bertz CT molecular complexity index is 614. The van der Waals surface area contributed by atoms with Crippen molar-refractivity contribution < 1.29 is 4.79 Å². The fourth-order valence-corrected chi connectivity index (χ4v) is 2.25. The van der Waals surface area contributed by atoms with Crippen LogP contribution in [0.15, 0.2) is 23.2 Å². The number of aromatic nitrogens is 2. The van der Waals surface area contributed by atoms with Gasteiger partial charge in [0.15, 0.2) is 0 Å². The molecule has 2 aromatic rings. The van der Waals surface area contributed by atoms with E-state index in [4.69, 9.17) is 0 Å². The summed E-state index contributed by atoms with van der Waals surface area (Å²) in [5.74, 6) is 0.825. The summed E-state index contributed by atoms with van der Waals surface area (Å²) in [7, 11) is 0. The molecule has 0 spiro atoms. The number of nitrogens with one attached hydrogen (secondary N) is 1. The Morgan fingerprint density at radius 1 is 1.53 bits per heavy atom. The quantitative estimate of drug-likeness (QED) is 0.779. The molecule has 1 aliphatic heterocycles. The van der Waals surface area contributed by atoms with Gasteiger partial charge in [0.05, 0.1) is 23.1 Å². The van der Waals surface area contributed by atoms with Crippen LogP contribution in [-0.2, 0) is 13.1 Å². The van der Waals surface area contributed by atoms with Crippen LogP contribution in [0.2, 0.25) is 0 Å². The molecule has 0 saturated heterocycles. The lowest BCUT2D eigenvalue weighted by Gasteiger charge is -2.04. The predicted octanol–water partition coefficient (Wildman–Crippen LogP) is 0.980. The van der Waals surface area contributed by atoms with Crippen molar-refractivity contribution in [3.05, 3.63) is 29.6 Å². The third kappa shape index (κ3) is 1.43. The molecule has 0 unspecified atom stereocenters. The lowest BCUT2D eigenvalue weighted by Crippen LogP contribution is -2.24. The number of imidazole rings is 1. The number of benzene rings is 1. The van der Waals surface area contributed by atoms with Gasteiger partial charge in [-0.2, -0.15) is 0 Å². The monoisotopic (exact) mass is 228 g/mol. The molecule has 3 rings (SSSR count). The van der Waals surface area contributed by atoms with Crippen molar-refractivity contribution in [2.24, 2.45) is 4.99 Å². The number of nitrogens with zero attached hydrogens (tertiary/aromatic N) is 3. The number of carbonyl (C=O) groups is 1. The van der Waals surface area contributed by atoms with Crippen LogP contribution in [0.3, 0.4) is 0 Å². The first-order valence-corrected chi connectivity index (χ1v) is 5.50. The Balaban J connectivity index is 2.35. The molecule has 1 aromatic heterocycles.